The van der Waals surface area contributed by atoms with Crippen molar-refractivity contribution in [1.82, 2.24) is 0 Å². The van der Waals surface area contributed by atoms with Gasteiger partial charge in [-0.3, -0.25) is 4.99 Å². The Bertz CT molecular complexity index is 1340. The van der Waals surface area contributed by atoms with Gasteiger partial charge >= 0.3 is 5.97 Å². The van der Waals surface area contributed by atoms with Crippen LogP contribution in [0.2, 0.25) is 0 Å². The second-order valence-electron chi connectivity index (χ2n) is 9.04. The highest BCUT2D eigenvalue weighted by Crippen LogP contribution is 2.25. The number of phenolic OH excluding ortho intramolecular Hbond substituents is 1. The lowest BCUT2D eigenvalue weighted by Crippen LogP contribution is -2.08. The van der Waals surface area contributed by atoms with Gasteiger partial charge in [-0.25, -0.2) is 4.79 Å². The smallest absolute Gasteiger partial charge is 0.343 e. The third-order valence-corrected chi connectivity index (χ3v) is 6.15. The van der Waals surface area contributed by atoms with Crippen molar-refractivity contribution in [2.24, 2.45) is 4.99 Å². The average molecular weight is 496 g/mol. The van der Waals surface area contributed by atoms with Gasteiger partial charge in [0.15, 0.2) is 0 Å². The molecule has 0 radical (unpaired) electrons. The van der Waals surface area contributed by atoms with Crippen LogP contribution < -0.4 is 9.47 Å². The monoisotopic (exact) mass is 495 g/mol. The summed E-state index contributed by atoms with van der Waals surface area (Å²) in [5.74, 6) is 0.472. The lowest BCUT2D eigenvalue weighted by molar-refractivity contribution is 0.0734. The van der Waals surface area contributed by atoms with Gasteiger partial charge in [-0.1, -0.05) is 69.4 Å². The fourth-order valence-electron chi connectivity index (χ4n) is 4.02. The van der Waals surface area contributed by atoms with E-state index in [1.165, 1.54) is 38.2 Å². The van der Waals surface area contributed by atoms with Crippen LogP contribution in [-0.4, -0.2) is 23.9 Å². The lowest BCUT2D eigenvalue weighted by atomic mass is 10.1. The Balaban J connectivity index is 1.29. The van der Waals surface area contributed by atoms with E-state index in [4.69, 9.17) is 9.47 Å². The Labute approximate surface area is 218 Å². The number of benzene rings is 4. The first-order valence-electron chi connectivity index (χ1n) is 12.9. The average Bonchev–Trinajstić information content (AvgIpc) is 2.92. The van der Waals surface area contributed by atoms with Crippen LogP contribution in [0.5, 0.6) is 17.2 Å². The number of hydrogen-bond acceptors (Lipinski definition) is 5. The maximum absolute atomic E-state index is 12.6. The highest BCUT2D eigenvalue weighted by Gasteiger charge is 2.11. The van der Waals surface area contributed by atoms with E-state index in [0.717, 1.165) is 28.6 Å². The Morgan fingerprint density at radius 3 is 2.32 bits per heavy atom. The zero-order valence-electron chi connectivity index (χ0n) is 21.2. The lowest BCUT2D eigenvalue weighted by Gasteiger charge is -2.08. The molecule has 0 bridgehead atoms. The van der Waals surface area contributed by atoms with E-state index in [9.17, 15) is 9.90 Å². The first kappa shape index (κ1) is 26.0. The molecule has 0 atom stereocenters. The molecular formula is C32H33NO4. The van der Waals surface area contributed by atoms with Crippen molar-refractivity contribution in [3.05, 3.63) is 96.1 Å². The van der Waals surface area contributed by atoms with Crippen LogP contribution in [0.1, 0.15) is 61.4 Å². The molecule has 0 unspecified atom stereocenters. The fourth-order valence-corrected chi connectivity index (χ4v) is 4.02. The van der Waals surface area contributed by atoms with Gasteiger partial charge in [-0.15, -0.1) is 0 Å². The number of hydrogen-bond donors (Lipinski definition) is 1. The SMILES string of the molecule is CCCCCCCCOc1ccc(C(=O)Oc2ccc(C=Nc3ccc4ccccc4c3)c(O)c2)cc1. The van der Waals surface area contributed by atoms with Crippen LogP contribution in [0.4, 0.5) is 5.69 Å². The minimum absolute atomic E-state index is 0.0201. The van der Waals surface area contributed by atoms with Crippen LogP contribution in [0, 0.1) is 0 Å². The number of carbonyl (C=O) groups is 1. The summed E-state index contributed by atoms with van der Waals surface area (Å²) in [5.41, 5.74) is 1.72. The normalized spacial score (nSPS) is 11.2. The third-order valence-electron chi connectivity index (χ3n) is 6.15. The molecular weight excluding hydrogens is 462 g/mol. The number of aliphatic imine (C=N–C) groups is 1. The number of carbonyl (C=O) groups excluding carboxylic acids is 1. The van der Waals surface area contributed by atoms with Gasteiger partial charge in [-0.2, -0.15) is 0 Å². The van der Waals surface area contributed by atoms with E-state index < -0.39 is 5.97 Å². The molecule has 190 valence electrons. The maximum atomic E-state index is 12.6. The number of phenols is 1. The summed E-state index contributed by atoms with van der Waals surface area (Å²) >= 11 is 0. The number of fused-ring (bicyclic) bond motifs is 1. The molecule has 4 aromatic rings. The van der Waals surface area contributed by atoms with Gasteiger partial charge in [0.05, 0.1) is 17.9 Å². The van der Waals surface area contributed by atoms with Crippen LogP contribution in [-0.2, 0) is 0 Å². The van der Waals surface area contributed by atoms with Crippen molar-refractivity contribution in [3.8, 4) is 17.2 Å². The summed E-state index contributed by atoms with van der Waals surface area (Å²) in [6, 6.07) is 25.6. The molecule has 0 heterocycles. The topological polar surface area (TPSA) is 68.1 Å². The molecule has 0 saturated carbocycles. The Morgan fingerprint density at radius 1 is 0.811 bits per heavy atom. The van der Waals surface area contributed by atoms with Crippen LogP contribution in [0.25, 0.3) is 10.8 Å². The van der Waals surface area contributed by atoms with Crippen molar-refractivity contribution < 1.29 is 19.4 Å². The summed E-state index contributed by atoms with van der Waals surface area (Å²) in [4.78, 5) is 17.0. The second kappa shape index (κ2) is 13.3. The van der Waals surface area contributed by atoms with Crippen LogP contribution in [0.15, 0.2) is 89.9 Å². The number of rotatable bonds is 12. The number of esters is 1. The van der Waals surface area contributed by atoms with E-state index >= 15 is 0 Å². The molecule has 5 heteroatoms. The Kier molecular flexibility index (Phi) is 9.30. The predicted molar refractivity (Wildman–Crippen MR) is 150 cm³/mol. The van der Waals surface area contributed by atoms with Gasteiger partial charge in [0.25, 0.3) is 0 Å². The third kappa shape index (κ3) is 7.68. The molecule has 5 nitrogen and oxygen atoms in total. The molecule has 37 heavy (non-hydrogen) atoms. The van der Waals surface area contributed by atoms with Gasteiger partial charge < -0.3 is 14.6 Å². The van der Waals surface area contributed by atoms with Gasteiger partial charge in [-0.05, 0) is 65.7 Å². The summed E-state index contributed by atoms with van der Waals surface area (Å²) in [6.07, 6.45) is 8.87. The fraction of sp³-hybridized carbons (Fsp3) is 0.250. The maximum Gasteiger partial charge on any atom is 0.343 e. The summed E-state index contributed by atoms with van der Waals surface area (Å²) in [5, 5.41) is 12.7. The standard InChI is InChI=1S/C32H33NO4/c1-2-3-4-5-6-9-20-36-29-17-13-25(14-18-29)32(35)37-30-19-15-27(31(34)22-30)23-33-28-16-12-24-10-7-8-11-26(24)21-28/h7-8,10-19,21-23,34H,2-6,9,20H2,1H3. The molecule has 0 aliphatic carbocycles. The van der Waals surface area contributed by atoms with Crippen molar-refractivity contribution in [2.75, 3.05) is 6.61 Å². The number of unbranched alkanes of at least 4 members (excludes halogenated alkanes) is 5. The molecule has 0 aromatic heterocycles. The zero-order valence-corrected chi connectivity index (χ0v) is 21.2. The molecule has 4 rings (SSSR count). The van der Waals surface area contributed by atoms with Gasteiger partial charge in [0.1, 0.15) is 17.2 Å². The van der Waals surface area contributed by atoms with Gasteiger partial charge in [0.2, 0.25) is 0 Å². The molecule has 0 aliphatic heterocycles. The largest absolute Gasteiger partial charge is 0.507 e. The minimum atomic E-state index is -0.501. The first-order chi connectivity index (χ1) is 18.1. The van der Waals surface area contributed by atoms with E-state index in [-0.39, 0.29) is 11.5 Å². The highest BCUT2D eigenvalue weighted by atomic mass is 16.5. The van der Waals surface area contributed by atoms with Crippen LogP contribution in [0.3, 0.4) is 0 Å². The molecule has 4 aromatic carbocycles. The number of nitrogens with zero attached hydrogens (tertiary/aromatic N) is 1. The number of aromatic hydroxyl groups is 1. The molecule has 1 N–H and O–H groups in total. The molecule has 0 spiro atoms. The summed E-state index contributed by atoms with van der Waals surface area (Å²) in [6.45, 7) is 2.89. The second-order valence-corrected chi connectivity index (χ2v) is 9.04. The highest BCUT2D eigenvalue weighted by molar-refractivity contribution is 5.92. The Morgan fingerprint density at radius 2 is 1.54 bits per heavy atom. The van der Waals surface area contributed by atoms with Crippen molar-refractivity contribution >= 4 is 28.6 Å². The number of ether oxygens (including phenoxy) is 2. The molecule has 0 amide bonds. The van der Waals surface area contributed by atoms with Gasteiger partial charge in [0, 0.05) is 17.8 Å². The first-order valence-corrected chi connectivity index (χ1v) is 12.9. The summed E-state index contributed by atoms with van der Waals surface area (Å²) in [7, 11) is 0. The van der Waals surface area contributed by atoms with Crippen LogP contribution >= 0.6 is 0 Å². The van der Waals surface area contributed by atoms with Crippen molar-refractivity contribution in [2.45, 2.75) is 45.4 Å². The van der Waals surface area contributed by atoms with Crippen molar-refractivity contribution in [1.29, 1.82) is 0 Å². The van der Waals surface area contributed by atoms with E-state index in [0.29, 0.717) is 17.7 Å². The molecule has 0 aliphatic rings. The predicted octanol–water partition coefficient (Wildman–Crippen LogP) is 8.25. The minimum Gasteiger partial charge on any atom is -0.507 e. The van der Waals surface area contributed by atoms with E-state index in [2.05, 4.69) is 11.9 Å². The van der Waals surface area contributed by atoms with E-state index in [1.807, 2.05) is 42.5 Å². The van der Waals surface area contributed by atoms with Crippen molar-refractivity contribution in [3.63, 3.8) is 0 Å². The zero-order chi connectivity index (χ0) is 25.9. The quantitative estimate of drug-likeness (QED) is 0.0930. The molecule has 0 saturated heterocycles. The van der Waals surface area contributed by atoms with E-state index in [1.54, 1.807) is 42.6 Å². The Hall–Kier alpha value is -4.12. The molecule has 0 fully saturated rings. The summed E-state index contributed by atoms with van der Waals surface area (Å²) < 4.78 is 11.2.